The fourth-order valence-electron chi connectivity index (χ4n) is 1.71. The van der Waals surface area contributed by atoms with E-state index in [9.17, 15) is 4.79 Å². The summed E-state index contributed by atoms with van der Waals surface area (Å²) < 4.78 is 11.3. The zero-order valence-electron chi connectivity index (χ0n) is 10.6. The number of ether oxygens (including phenoxy) is 2. The van der Waals surface area contributed by atoms with Gasteiger partial charge in [0.2, 0.25) is 6.79 Å². The SMILES string of the molecule is CC(C)C(=O)/C(C#N)=C\c1cc(Br)c2c(c1)OCO2. The molecule has 0 N–H and O–H groups in total. The third kappa shape index (κ3) is 2.79. The molecule has 0 aliphatic carbocycles. The Hall–Kier alpha value is -1.80. The van der Waals surface area contributed by atoms with Crippen molar-refractivity contribution in [1.82, 2.24) is 0 Å². The van der Waals surface area contributed by atoms with E-state index >= 15 is 0 Å². The van der Waals surface area contributed by atoms with Crippen LogP contribution < -0.4 is 9.47 Å². The van der Waals surface area contributed by atoms with Crippen molar-refractivity contribution in [2.75, 3.05) is 6.79 Å². The monoisotopic (exact) mass is 321 g/mol. The van der Waals surface area contributed by atoms with Gasteiger partial charge in [-0.3, -0.25) is 4.79 Å². The van der Waals surface area contributed by atoms with E-state index in [0.717, 1.165) is 10.0 Å². The van der Waals surface area contributed by atoms with Crippen LogP contribution in [-0.4, -0.2) is 12.6 Å². The molecule has 0 spiro atoms. The first kappa shape index (κ1) is 13.6. The lowest BCUT2D eigenvalue weighted by Crippen LogP contribution is -2.08. The van der Waals surface area contributed by atoms with E-state index in [1.807, 2.05) is 6.07 Å². The van der Waals surface area contributed by atoms with Gasteiger partial charge < -0.3 is 9.47 Å². The normalized spacial score (nSPS) is 13.5. The standard InChI is InChI=1S/C14H12BrNO3/c1-8(2)13(17)10(6-16)3-9-4-11(15)14-12(5-9)18-7-19-14/h3-5,8H,7H2,1-2H3/b10-3-. The van der Waals surface area contributed by atoms with Crippen LogP contribution in [0, 0.1) is 17.2 Å². The van der Waals surface area contributed by atoms with Gasteiger partial charge in [-0.25, -0.2) is 0 Å². The van der Waals surface area contributed by atoms with Crippen molar-refractivity contribution in [2.24, 2.45) is 5.92 Å². The van der Waals surface area contributed by atoms with Crippen LogP contribution in [-0.2, 0) is 4.79 Å². The van der Waals surface area contributed by atoms with Crippen molar-refractivity contribution in [3.8, 4) is 17.6 Å². The van der Waals surface area contributed by atoms with Crippen LogP contribution in [0.25, 0.3) is 6.08 Å². The molecule has 1 aliphatic rings. The van der Waals surface area contributed by atoms with Crippen molar-refractivity contribution < 1.29 is 14.3 Å². The second-order valence-electron chi connectivity index (χ2n) is 4.43. The topological polar surface area (TPSA) is 59.3 Å². The minimum Gasteiger partial charge on any atom is -0.454 e. The minimum atomic E-state index is -0.205. The third-order valence-electron chi connectivity index (χ3n) is 2.67. The van der Waals surface area contributed by atoms with Crippen LogP contribution in [0.2, 0.25) is 0 Å². The van der Waals surface area contributed by atoms with E-state index in [0.29, 0.717) is 11.5 Å². The number of halogens is 1. The molecule has 0 saturated heterocycles. The molecule has 1 aromatic carbocycles. The van der Waals surface area contributed by atoms with Gasteiger partial charge >= 0.3 is 0 Å². The second kappa shape index (κ2) is 5.45. The average molecular weight is 322 g/mol. The Labute approximate surface area is 119 Å². The molecule has 0 fully saturated rings. The molecule has 1 aliphatic heterocycles. The molecule has 98 valence electrons. The Balaban J connectivity index is 2.40. The number of nitriles is 1. The average Bonchev–Trinajstić information content (AvgIpc) is 2.83. The molecule has 0 bridgehead atoms. The number of rotatable bonds is 3. The highest BCUT2D eigenvalue weighted by atomic mass is 79.9. The van der Waals surface area contributed by atoms with Gasteiger partial charge in [0.05, 0.1) is 10.0 Å². The number of carbonyl (C=O) groups is 1. The van der Waals surface area contributed by atoms with Crippen molar-refractivity contribution in [2.45, 2.75) is 13.8 Å². The lowest BCUT2D eigenvalue weighted by atomic mass is 10.00. The number of allylic oxidation sites excluding steroid dienone is 1. The summed E-state index contributed by atoms with van der Waals surface area (Å²) in [5.74, 6) is 0.875. The molecule has 0 saturated carbocycles. The molecular formula is C14H12BrNO3. The smallest absolute Gasteiger partial charge is 0.231 e. The zero-order valence-corrected chi connectivity index (χ0v) is 12.2. The number of Topliss-reactive ketones (excluding diaryl/α,β-unsaturated/α-hetero) is 1. The molecule has 0 amide bonds. The molecule has 4 nitrogen and oxygen atoms in total. The number of benzene rings is 1. The van der Waals surface area contributed by atoms with Crippen LogP contribution in [0.4, 0.5) is 0 Å². The first-order chi connectivity index (χ1) is 9.02. The van der Waals surface area contributed by atoms with Crippen LogP contribution in [0.3, 0.4) is 0 Å². The molecule has 1 aromatic rings. The summed E-state index contributed by atoms with van der Waals surface area (Å²) in [6.07, 6.45) is 1.56. The van der Waals surface area contributed by atoms with E-state index in [1.165, 1.54) is 0 Å². The lowest BCUT2D eigenvalue weighted by molar-refractivity contribution is -0.117. The van der Waals surface area contributed by atoms with Gasteiger partial charge in [-0.2, -0.15) is 5.26 Å². The highest BCUT2D eigenvalue weighted by Gasteiger charge is 2.19. The molecule has 0 atom stereocenters. The zero-order chi connectivity index (χ0) is 14.0. The summed E-state index contributed by atoms with van der Waals surface area (Å²) in [5, 5.41) is 9.06. The number of hydrogen-bond donors (Lipinski definition) is 0. The van der Waals surface area contributed by atoms with Crippen molar-refractivity contribution in [3.05, 3.63) is 27.7 Å². The van der Waals surface area contributed by atoms with Crippen LogP contribution in [0.5, 0.6) is 11.5 Å². The highest BCUT2D eigenvalue weighted by Crippen LogP contribution is 2.40. The Morgan fingerprint density at radius 1 is 1.47 bits per heavy atom. The van der Waals surface area contributed by atoms with Crippen LogP contribution >= 0.6 is 15.9 Å². The number of fused-ring (bicyclic) bond motifs is 1. The molecule has 19 heavy (non-hydrogen) atoms. The van der Waals surface area contributed by atoms with Crippen molar-refractivity contribution >= 4 is 27.8 Å². The van der Waals surface area contributed by atoms with Gasteiger partial charge in [0.1, 0.15) is 6.07 Å². The number of nitrogens with zero attached hydrogens (tertiary/aromatic N) is 1. The van der Waals surface area contributed by atoms with Gasteiger partial charge in [-0.05, 0) is 39.7 Å². The molecule has 0 unspecified atom stereocenters. The van der Waals surface area contributed by atoms with E-state index < -0.39 is 0 Å². The van der Waals surface area contributed by atoms with Crippen LogP contribution in [0.15, 0.2) is 22.2 Å². The lowest BCUT2D eigenvalue weighted by Gasteiger charge is -2.04. The Morgan fingerprint density at radius 3 is 2.84 bits per heavy atom. The second-order valence-corrected chi connectivity index (χ2v) is 5.28. The van der Waals surface area contributed by atoms with Gasteiger partial charge in [-0.1, -0.05) is 13.8 Å². The molecule has 5 heteroatoms. The van der Waals surface area contributed by atoms with Crippen molar-refractivity contribution in [1.29, 1.82) is 5.26 Å². The maximum Gasteiger partial charge on any atom is 0.231 e. The third-order valence-corrected chi connectivity index (χ3v) is 3.26. The van der Waals surface area contributed by atoms with Crippen LogP contribution in [0.1, 0.15) is 19.4 Å². The van der Waals surface area contributed by atoms with Gasteiger partial charge in [-0.15, -0.1) is 0 Å². The summed E-state index contributed by atoms with van der Waals surface area (Å²) in [7, 11) is 0. The fourth-order valence-corrected chi connectivity index (χ4v) is 2.28. The molecule has 2 rings (SSSR count). The quantitative estimate of drug-likeness (QED) is 0.633. The van der Waals surface area contributed by atoms with Gasteiger partial charge in [0.15, 0.2) is 17.3 Å². The first-order valence-electron chi connectivity index (χ1n) is 5.78. The largest absolute Gasteiger partial charge is 0.454 e. The number of ketones is 1. The minimum absolute atomic E-state index is 0.140. The Morgan fingerprint density at radius 2 is 2.21 bits per heavy atom. The summed E-state index contributed by atoms with van der Waals surface area (Å²) in [5.41, 5.74) is 0.863. The van der Waals surface area contributed by atoms with Gasteiger partial charge in [0.25, 0.3) is 0 Å². The van der Waals surface area contributed by atoms with E-state index in [4.69, 9.17) is 14.7 Å². The molecule has 0 aromatic heterocycles. The molecule has 0 radical (unpaired) electrons. The first-order valence-corrected chi connectivity index (χ1v) is 6.57. The summed E-state index contributed by atoms with van der Waals surface area (Å²) in [6.45, 7) is 3.71. The number of hydrogen-bond acceptors (Lipinski definition) is 4. The summed E-state index contributed by atoms with van der Waals surface area (Å²) in [6, 6.07) is 5.48. The predicted octanol–water partition coefficient (Wildman–Crippen LogP) is 3.31. The van der Waals surface area contributed by atoms with E-state index in [1.54, 1.807) is 32.1 Å². The summed E-state index contributed by atoms with van der Waals surface area (Å²) in [4.78, 5) is 11.8. The van der Waals surface area contributed by atoms with Gasteiger partial charge in [0, 0.05) is 5.92 Å². The predicted molar refractivity (Wildman–Crippen MR) is 73.7 cm³/mol. The number of carbonyl (C=O) groups excluding carboxylic acids is 1. The molecular weight excluding hydrogens is 310 g/mol. The molecule has 1 heterocycles. The van der Waals surface area contributed by atoms with Crippen molar-refractivity contribution in [3.63, 3.8) is 0 Å². The Kier molecular flexibility index (Phi) is 3.91. The van der Waals surface area contributed by atoms with E-state index in [-0.39, 0.29) is 24.1 Å². The fraction of sp³-hybridized carbons (Fsp3) is 0.286. The summed E-state index contributed by atoms with van der Waals surface area (Å²) >= 11 is 3.37. The highest BCUT2D eigenvalue weighted by molar-refractivity contribution is 9.10. The maximum absolute atomic E-state index is 11.8. The van der Waals surface area contributed by atoms with E-state index in [2.05, 4.69) is 15.9 Å². The maximum atomic E-state index is 11.8. The Bertz CT molecular complexity index is 599.